The molecule has 0 fully saturated rings. The topological polar surface area (TPSA) is 29.1 Å². The molecule has 0 radical (unpaired) electrons. The highest BCUT2D eigenvalue weighted by Crippen LogP contribution is 2.08. The van der Waals surface area contributed by atoms with Crippen LogP contribution in [0, 0.1) is 11.8 Å². The van der Waals surface area contributed by atoms with Crippen LogP contribution in [0.5, 0.6) is 0 Å². The largest absolute Gasteiger partial charge is 0.352 e. The van der Waals surface area contributed by atoms with Crippen LogP contribution in [0.4, 0.5) is 0 Å². The monoisotopic (exact) mass is 219 g/mol. The molecule has 1 N–H and O–H groups in total. The smallest absolute Gasteiger partial charge is 0.220 e. The Morgan fingerprint density at radius 3 is 2.29 bits per heavy atom. The van der Waals surface area contributed by atoms with Crippen molar-refractivity contribution < 1.29 is 4.79 Å². The van der Waals surface area contributed by atoms with Crippen LogP contribution in [0.25, 0.3) is 0 Å². The second kappa shape index (κ2) is 7.10. The van der Waals surface area contributed by atoms with Crippen LogP contribution in [0.15, 0.2) is 0 Å². The second-order valence-corrected chi connectivity index (χ2v) is 4.60. The van der Waals surface area contributed by atoms with Crippen molar-refractivity contribution in [2.75, 3.05) is 5.88 Å². The van der Waals surface area contributed by atoms with E-state index in [1.165, 1.54) is 0 Å². The van der Waals surface area contributed by atoms with E-state index in [1.54, 1.807) is 0 Å². The van der Waals surface area contributed by atoms with Gasteiger partial charge in [0.25, 0.3) is 0 Å². The normalized spacial score (nSPS) is 15.3. The summed E-state index contributed by atoms with van der Waals surface area (Å²) in [6.45, 7) is 8.32. The summed E-state index contributed by atoms with van der Waals surface area (Å²) >= 11 is 5.76. The van der Waals surface area contributed by atoms with E-state index in [2.05, 4.69) is 33.0 Å². The van der Waals surface area contributed by atoms with Gasteiger partial charge in [0.15, 0.2) is 0 Å². The van der Waals surface area contributed by atoms with Crippen LogP contribution in [0.1, 0.15) is 40.5 Å². The fraction of sp³-hybridized carbons (Fsp3) is 0.909. The third kappa shape index (κ3) is 5.48. The van der Waals surface area contributed by atoms with Gasteiger partial charge in [0.05, 0.1) is 0 Å². The number of amides is 1. The molecular weight excluding hydrogens is 198 g/mol. The van der Waals surface area contributed by atoms with Gasteiger partial charge in [0.2, 0.25) is 5.91 Å². The first-order chi connectivity index (χ1) is 6.51. The summed E-state index contributed by atoms with van der Waals surface area (Å²) in [7, 11) is 0. The highest BCUT2D eigenvalue weighted by molar-refractivity contribution is 6.18. The Kier molecular flexibility index (Phi) is 6.98. The number of hydrogen-bond donors (Lipinski definition) is 1. The quantitative estimate of drug-likeness (QED) is 0.684. The van der Waals surface area contributed by atoms with Gasteiger partial charge in [-0.25, -0.2) is 0 Å². The summed E-state index contributed by atoms with van der Waals surface area (Å²) in [4.78, 5) is 11.5. The molecule has 1 amide bonds. The number of halogens is 1. The Labute approximate surface area is 92.4 Å². The number of hydrogen-bond acceptors (Lipinski definition) is 1. The molecule has 0 aliphatic heterocycles. The molecule has 2 nitrogen and oxygen atoms in total. The lowest BCUT2D eigenvalue weighted by Gasteiger charge is -2.20. The van der Waals surface area contributed by atoms with Crippen LogP contribution in [0.2, 0.25) is 0 Å². The highest BCUT2D eigenvalue weighted by atomic mass is 35.5. The molecule has 0 rings (SSSR count). The van der Waals surface area contributed by atoms with Crippen LogP contribution in [-0.4, -0.2) is 17.8 Å². The van der Waals surface area contributed by atoms with Crippen molar-refractivity contribution in [3.05, 3.63) is 0 Å². The zero-order valence-electron chi connectivity index (χ0n) is 9.64. The third-order valence-corrected chi connectivity index (χ3v) is 2.88. The first kappa shape index (κ1) is 13.8. The summed E-state index contributed by atoms with van der Waals surface area (Å²) in [5.74, 6) is 1.47. The predicted octanol–water partition coefficient (Wildman–Crippen LogP) is 2.80. The molecule has 2 atom stereocenters. The number of nitrogens with one attached hydrogen (secondary N) is 1. The Balaban J connectivity index is 3.91. The van der Waals surface area contributed by atoms with Crippen LogP contribution in [0.3, 0.4) is 0 Å². The zero-order chi connectivity index (χ0) is 11.1. The molecule has 0 aliphatic rings. The van der Waals surface area contributed by atoms with Gasteiger partial charge < -0.3 is 5.32 Å². The minimum absolute atomic E-state index is 0.105. The molecule has 0 heterocycles. The van der Waals surface area contributed by atoms with Crippen molar-refractivity contribution in [3.8, 4) is 0 Å². The van der Waals surface area contributed by atoms with Crippen molar-refractivity contribution in [2.45, 2.75) is 46.6 Å². The van der Waals surface area contributed by atoms with Crippen molar-refractivity contribution in [1.29, 1.82) is 0 Å². The molecule has 0 aliphatic carbocycles. The molecule has 3 heteroatoms. The summed E-state index contributed by atoms with van der Waals surface area (Å²) in [5, 5.41) is 2.96. The van der Waals surface area contributed by atoms with E-state index in [4.69, 9.17) is 11.6 Å². The number of alkyl halides is 1. The van der Waals surface area contributed by atoms with Gasteiger partial charge in [-0.15, -0.1) is 11.6 Å². The third-order valence-electron chi connectivity index (χ3n) is 2.55. The second-order valence-electron chi connectivity index (χ2n) is 4.29. The average Bonchev–Trinajstić information content (AvgIpc) is 2.13. The van der Waals surface area contributed by atoms with Crippen molar-refractivity contribution in [1.82, 2.24) is 5.32 Å². The molecule has 0 saturated heterocycles. The molecule has 0 bridgehead atoms. The maximum Gasteiger partial charge on any atom is 0.220 e. The van der Waals surface area contributed by atoms with Crippen LogP contribution < -0.4 is 5.32 Å². The fourth-order valence-electron chi connectivity index (χ4n) is 1.11. The highest BCUT2D eigenvalue weighted by Gasteiger charge is 2.15. The van der Waals surface area contributed by atoms with E-state index >= 15 is 0 Å². The lowest BCUT2D eigenvalue weighted by molar-refractivity contribution is -0.122. The first-order valence-electron chi connectivity index (χ1n) is 5.36. The van der Waals surface area contributed by atoms with Gasteiger partial charge in [0.1, 0.15) is 0 Å². The number of carbonyl (C=O) groups excluding carboxylic acids is 1. The average molecular weight is 220 g/mol. The Morgan fingerprint density at radius 1 is 1.36 bits per heavy atom. The van der Waals surface area contributed by atoms with E-state index in [-0.39, 0.29) is 11.9 Å². The van der Waals surface area contributed by atoms with E-state index in [0.29, 0.717) is 24.1 Å². The summed E-state index contributed by atoms with van der Waals surface area (Å²) in [5.41, 5.74) is 0. The maximum absolute atomic E-state index is 11.5. The first-order valence-corrected chi connectivity index (χ1v) is 5.90. The van der Waals surface area contributed by atoms with Gasteiger partial charge in [-0.3, -0.25) is 4.79 Å². The van der Waals surface area contributed by atoms with E-state index < -0.39 is 0 Å². The minimum atomic E-state index is 0.105. The SMILES string of the molecule is CCC(C)CC(=O)NC(CCl)C(C)C. The van der Waals surface area contributed by atoms with Crippen LogP contribution in [-0.2, 0) is 4.79 Å². The lowest BCUT2D eigenvalue weighted by atomic mass is 10.0. The van der Waals surface area contributed by atoms with Crippen molar-refractivity contribution in [2.24, 2.45) is 11.8 Å². The molecule has 84 valence electrons. The maximum atomic E-state index is 11.5. The lowest BCUT2D eigenvalue weighted by Crippen LogP contribution is -2.40. The zero-order valence-corrected chi connectivity index (χ0v) is 10.4. The van der Waals surface area contributed by atoms with Crippen molar-refractivity contribution >= 4 is 17.5 Å². The van der Waals surface area contributed by atoms with E-state index in [9.17, 15) is 4.79 Å². The van der Waals surface area contributed by atoms with E-state index in [0.717, 1.165) is 6.42 Å². The molecule has 0 aromatic heterocycles. The molecule has 0 spiro atoms. The molecule has 2 unspecified atom stereocenters. The standard InChI is InChI=1S/C11H22ClNO/c1-5-9(4)6-11(14)13-10(7-12)8(2)3/h8-10H,5-7H2,1-4H3,(H,13,14). The van der Waals surface area contributed by atoms with Crippen molar-refractivity contribution in [3.63, 3.8) is 0 Å². The van der Waals surface area contributed by atoms with Gasteiger partial charge in [-0.2, -0.15) is 0 Å². The Morgan fingerprint density at radius 2 is 1.93 bits per heavy atom. The Hall–Kier alpha value is -0.240. The summed E-state index contributed by atoms with van der Waals surface area (Å²) in [6.07, 6.45) is 1.65. The van der Waals surface area contributed by atoms with Gasteiger partial charge >= 0.3 is 0 Å². The molecule has 0 aromatic carbocycles. The van der Waals surface area contributed by atoms with Gasteiger partial charge in [-0.05, 0) is 11.8 Å². The van der Waals surface area contributed by atoms with Crippen LogP contribution >= 0.6 is 11.6 Å². The molecule has 0 aromatic rings. The van der Waals surface area contributed by atoms with E-state index in [1.807, 2.05) is 0 Å². The van der Waals surface area contributed by atoms with Gasteiger partial charge in [0, 0.05) is 18.3 Å². The summed E-state index contributed by atoms with van der Waals surface area (Å²) < 4.78 is 0. The predicted molar refractivity (Wildman–Crippen MR) is 61.6 cm³/mol. The minimum Gasteiger partial charge on any atom is -0.352 e. The van der Waals surface area contributed by atoms with Gasteiger partial charge in [-0.1, -0.05) is 34.1 Å². The number of rotatable bonds is 6. The molecular formula is C11H22ClNO. The molecule has 14 heavy (non-hydrogen) atoms. The Bertz CT molecular complexity index is 171. The number of carbonyl (C=O) groups is 1. The summed E-state index contributed by atoms with van der Waals surface area (Å²) in [6, 6.07) is 0.105. The fourth-order valence-corrected chi connectivity index (χ4v) is 1.54. The molecule has 0 saturated carbocycles.